The molecule has 0 radical (unpaired) electrons. The third-order valence-electron chi connectivity index (χ3n) is 4.45. The maximum Gasteiger partial charge on any atom is 0.336 e. The van der Waals surface area contributed by atoms with Crippen LogP contribution in [0, 0.1) is 10.1 Å². The van der Waals surface area contributed by atoms with Gasteiger partial charge < -0.3 is 14.4 Å². The van der Waals surface area contributed by atoms with E-state index in [2.05, 4.69) is 0 Å². The van der Waals surface area contributed by atoms with E-state index < -0.39 is 22.8 Å². The summed E-state index contributed by atoms with van der Waals surface area (Å²) in [6.45, 7) is 0. The zero-order valence-corrected chi connectivity index (χ0v) is 14.4. The molecule has 0 unspecified atom stereocenters. The van der Waals surface area contributed by atoms with Crippen molar-refractivity contribution in [2.45, 2.75) is 24.8 Å². The molecule has 0 N–H and O–H groups in total. The Hall–Kier alpha value is -3.16. The van der Waals surface area contributed by atoms with Crippen LogP contribution >= 0.6 is 0 Å². The molecule has 0 spiro atoms. The lowest BCUT2D eigenvalue weighted by Gasteiger charge is -2.30. The summed E-state index contributed by atoms with van der Waals surface area (Å²) >= 11 is 0. The number of hydrogen-bond acceptors (Lipinski definition) is 7. The lowest BCUT2D eigenvalue weighted by Crippen LogP contribution is -2.29. The first kappa shape index (κ1) is 17.7. The molecule has 1 aromatic carbocycles. The monoisotopic (exact) mass is 358 g/mol. The van der Waals surface area contributed by atoms with Gasteiger partial charge in [-0.05, 0) is 18.4 Å². The second kappa shape index (κ2) is 6.99. The lowest BCUT2D eigenvalue weighted by atomic mass is 9.83. The fraction of sp³-hybridized carbons (Fsp3) is 0.333. The van der Waals surface area contributed by atoms with E-state index in [-0.39, 0.29) is 22.9 Å². The summed E-state index contributed by atoms with van der Waals surface area (Å²) in [5.74, 6) is -1.84. The van der Waals surface area contributed by atoms with Crippen LogP contribution in [0.25, 0.3) is 0 Å². The average Bonchev–Trinajstić information content (AvgIpc) is 3.51. The van der Waals surface area contributed by atoms with Crippen LogP contribution in [0.15, 0.2) is 47.8 Å². The van der Waals surface area contributed by atoms with Gasteiger partial charge in [0, 0.05) is 30.6 Å². The van der Waals surface area contributed by atoms with Crippen LogP contribution < -0.4 is 0 Å². The summed E-state index contributed by atoms with van der Waals surface area (Å²) in [6, 6.07) is 5.98. The number of carbonyl (C=O) groups is 2. The molecule has 8 heteroatoms. The summed E-state index contributed by atoms with van der Waals surface area (Å²) in [5.41, 5.74) is 1.07. The van der Waals surface area contributed by atoms with Gasteiger partial charge in [0.05, 0.1) is 36.2 Å². The van der Waals surface area contributed by atoms with Crippen molar-refractivity contribution >= 4 is 17.6 Å². The number of carbonyl (C=O) groups excluding carboxylic acids is 2. The van der Waals surface area contributed by atoms with E-state index in [1.165, 1.54) is 38.5 Å². The molecule has 1 heterocycles. The number of rotatable bonds is 5. The van der Waals surface area contributed by atoms with Crippen LogP contribution in [0.4, 0.5) is 5.69 Å². The third kappa shape index (κ3) is 3.30. The lowest BCUT2D eigenvalue weighted by molar-refractivity contribution is -0.384. The Labute approximate surface area is 149 Å². The fourth-order valence-electron chi connectivity index (χ4n) is 2.98. The van der Waals surface area contributed by atoms with Crippen molar-refractivity contribution in [1.82, 2.24) is 4.90 Å². The molecule has 0 saturated heterocycles. The molecule has 1 aliphatic carbocycles. The van der Waals surface area contributed by atoms with Gasteiger partial charge in [-0.25, -0.2) is 9.59 Å². The maximum atomic E-state index is 12.4. The Balaban J connectivity index is 2.08. The smallest absolute Gasteiger partial charge is 0.336 e. The molecule has 0 amide bonds. The van der Waals surface area contributed by atoms with Gasteiger partial charge in [-0.3, -0.25) is 10.1 Å². The van der Waals surface area contributed by atoms with E-state index in [1.54, 1.807) is 12.4 Å². The van der Waals surface area contributed by atoms with Crippen LogP contribution in [0.3, 0.4) is 0 Å². The zero-order chi connectivity index (χ0) is 18.8. The normalized spacial score (nSPS) is 17.2. The highest BCUT2D eigenvalue weighted by molar-refractivity contribution is 5.98. The number of ether oxygens (including phenoxy) is 2. The van der Waals surface area contributed by atoms with Gasteiger partial charge in [-0.2, -0.15) is 0 Å². The van der Waals surface area contributed by atoms with Crippen molar-refractivity contribution in [2.24, 2.45) is 0 Å². The van der Waals surface area contributed by atoms with E-state index in [4.69, 9.17) is 9.47 Å². The van der Waals surface area contributed by atoms with Crippen molar-refractivity contribution < 1.29 is 24.0 Å². The molecule has 0 atom stereocenters. The molecule has 26 heavy (non-hydrogen) atoms. The maximum absolute atomic E-state index is 12.4. The SMILES string of the molecule is COC(=O)C1=CN(C2CC2)C=C(C(=O)OC)C1c1ccc([N+](=O)[O-])cc1. The van der Waals surface area contributed by atoms with Crippen molar-refractivity contribution in [3.05, 3.63) is 63.5 Å². The summed E-state index contributed by atoms with van der Waals surface area (Å²) < 4.78 is 9.78. The van der Waals surface area contributed by atoms with Crippen LogP contribution in [0.5, 0.6) is 0 Å². The molecule has 0 bridgehead atoms. The van der Waals surface area contributed by atoms with E-state index in [9.17, 15) is 19.7 Å². The standard InChI is InChI=1S/C18H18N2O6/c1-25-17(21)14-9-19(12-7-8-12)10-15(18(22)26-2)16(14)11-3-5-13(6-4-11)20(23)24/h3-6,9-10,12,16H,7-8H2,1-2H3. The Morgan fingerprint density at radius 2 is 1.54 bits per heavy atom. The van der Waals surface area contributed by atoms with Gasteiger partial charge in [0.2, 0.25) is 0 Å². The highest BCUT2D eigenvalue weighted by atomic mass is 16.6. The van der Waals surface area contributed by atoms with Crippen LogP contribution in [-0.4, -0.2) is 42.0 Å². The highest BCUT2D eigenvalue weighted by Gasteiger charge is 2.38. The van der Waals surface area contributed by atoms with E-state index in [0.29, 0.717) is 5.56 Å². The second-order valence-electron chi connectivity index (χ2n) is 6.11. The van der Waals surface area contributed by atoms with Gasteiger partial charge in [0.15, 0.2) is 0 Å². The minimum atomic E-state index is -0.717. The van der Waals surface area contributed by atoms with E-state index in [1.807, 2.05) is 4.90 Å². The van der Waals surface area contributed by atoms with Gasteiger partial charge in [-0.1, -0.05) is 12.1 Å². The molecule has 1 aromatic rings. The van der Waals surface area contributed by atoms with Crippen LogP contribution in [0.1, 0.15) is 24.3 Å². The predicted octanol–water partition coefficient (Wildman–Crippen LogP) is 2.27. The molecular weight excluding hydrogens is 340 g/mol. The molecular formula is C18H18N2O6. The molecule has 1 aliphatic heterocycles. The number of nitro benzene ring substituents is 1. The summed E-state index contributed by atoms with van der Waals surface area (Å²) in [4.78, 5) is 36.9. The number of methoxy groups -OCH3 is 2. The minimum absolute atomic E-state index is 0.0728. The number of non-ortho nitro benzene ring substituents is 1. The van der Waals surface area contributed by atoms with Gasteiger partial charge >= 0.3 is 11.9 Å². The van der Waals surface area contributed by atoms with E-state index >= 15 is 0 Å². The van der Waals surface area contributed by atoms with Crippen LogP contribution in [0.2, 0.25) is 0 Å². The number of esters is 2. The fourth-order valence-corrected chi connectivity index (χ4v) is 2.98. The van der Waals surface area contributed by atoms with Gasteiger partial charge in [0.1, 0.15) is 0 Å². The average molecular weight is 358 g/mol. The quantitative estimate of drug-likeness (QED) is 0.452. The molecule has 1 saturated carbocycles. The van der Waals surface area contributed by atoms with Crippen molar-refractivity contribution in [3.8, 4) is 0 Å². The Kier molecular flexibility index (Phi) is 4.75. The Morgan fingerprint density at radius 3 is 1.92 bits per heavy atom. The van der Waals surface area contributed by atoms with Crippen molar-refractivity contribution in [2.75, 3.05) is 14.2 Å². The largest absolute Gasteiger partial charge is 0.466 e. The van der Waals surface area contributed by atoms with Crippen molar-refractivity contribution in [3.63, 3.8) is 0 Å². The topological polar surface area (TPSA) is 99.0 Å². The molecule has 1 fully saturated rings. The first-order valence-electron chi connectivity index (χ1n) is 8.08. The first-order chi connectivity index (χ1) is 12.5. The van der Waals surface area contributed by atoms with Crippen molar-refractivity contribution in [1.29, 1.82) is 0 Å². The molecule has 3 rings (SSSR count). The highest BCUT2D eigenvalue weighted by Crippen LogP contribution is 2.40. The number of nitro groups is 1. The molecule has 136 valence electrons. The number of benzene rings is 1. The third-order valence-corrected chi connectivity index (χ3v) is 4.45. The molecule has 0 aromatic heterocycles. The van der Waals surface area contributed by atoms with Crippen LogP contribution in [-0.2, 0) is 19.1 Å². The molecule has 8 nitrogen and oxygen atoms in total. The molecule has 2 aliphatic rings. The summed E-state index contributed by atoms with van der Waals surface area (Å²) in [6.07, 6.45) is 5.31. The predicted molar refractivity (Wildman–Crippen MR) is 90.9 cm³/mol. The van der Waals surface area contributed by atoms with E-state index in [0.717, 1.165) is 12.8 Å². The van der Waals surface area contributed by atoms with Gasteiger partial charge in [-0.15, -0.1) is 0 Å². The number of nitrogens with zero attached hydrogens (tertiary/aromatic N) is 2. The summed E-state index contributed by atoms with van der Waals surface area (Å²) in [7, 11) is 2.54. The van der Waals surface area contributed by atoms with Gasteiger partial charge in [0.25, 0.3) is 5.69 Å². The Morgan fingerprint density at radius 1 is 1.04 bits per heavy atom. The summed E-state index contributed by atoms with van der Waals surface area (Å²) in [5, 5.41) is 10.9. The first-order valence-corrected chi connectivity index (χ1v) is 8.08. The Bertz CT molecular complexity index is 773. The number of hydrogen-bond donors (Lipinski definition) is 0. The second-order valence-corrected chi connectivity index (χ2v) is 6.11. The minimum Gasteiger partial charge on any atom is -0.466 e. The zero-order valence-electron chi connectivity index (χ0n) is 14.4.